The molecule has 2 aromatic rings. The smallest absolute Gasteiger partial charge is 0.230 e. The lowest BCUT2D eigenvalue weighted by Crippen LogP contribution is -2.24. The molecule has 1 heterocycles. The molecule has 0 atom stereocenters. The molecule has 1 aromatic carbocycles. The van der Waals surface area contributed by atoms with Gasteiger partial charge in [0.25, 0.3) is 0 Å². The number of thioether (sulfide) groups is 1. The first-order valence-electron chi connectivity index (χ1n) is 8.43. The van der Waals surface area contributed by atoms with Gasteiger partial charge in [0.05, 0.1) is 5.75 Å². The molecule has 0 bridgehead atoms. The lowest BCUT2D eigenvalue weighted by molar-refractivity contribution is -0.118. The number of halogens is 1. The van der Waals surface area contributed by atoms with Crippen LogP contribution >= 0.6 is 23.1 Å². The van der Waals surface area contributed by atoms with Gasteiger partial charge in [-0.1, -0.05) is 60.6 Å². The highest BCUT2D eigenvalue weighted by Gasteiger charge is 2.15. The maximum absolute atomic E-state index is 13.5. The largest absolute Gasteiger partial charge is 0.357 e. The Hall–Kier alpha value is -1.67. The van der Waals surface area contributed by atoms with Gasteiger partial charge in [0, 0.05) is 18.2 Å². The van der Waals surface area contributed by atoms with Crippen LogP contribution in [0, 0.1) is 5.82 Å². The van der Waals surface area contributed by atoms with Gasteiger partial charge in [0.15, 0.2) is 4.34 Å². The maximum Gasteiger partial charge on any atom is 0.230 e. The Bertz CT molecular complexity index is 703. The minimum atomic E-state index is -0.307. The van der Waals surface area contributed by atoms with E-state index in [-0.39, 0.29) is 24.0 Å². The summed E-state index contributed by atoms with van der Waals surface area (Å²) >= 11 is 2.82. The van der Waals surface area contributed by atoms with Crippen molar-refractivity contribution in [1.82, 2.24) is 15.5 Å². The number of benzene rings is 1. The molecular formula is C17H21FN4OS2. The summed E-state index contributed by atoms with van der Waals surface area (Å²) in [7, 11) is 0. The Morgan fingerprint density at radius 1 is 1.24 bits per heavy atom. The minimum Gasteiger partial charge on any atom is -0.357 e. The highest BCUT2D eigenvalue weighted by atomic mass is 32.2. The summed E-state index contributed by atoms with van der Waals surface area (Å²) in [5.74, 6) is -0.213. The lowest BCUT2D eigenvalue weighted by Gasteiger charge is -2.21. The van der Waals surface area contributed by atoms with Crippen LogP contribution in [-0.4, -0.2) is 27.9 Å². The molecule has 0 aliphatic heterocycles. The van der Waals surface area contributed by atoms with Gasteiger partial charge in [-0.2, -0.15) is 0 Å². The summed E-state index contributed by atoms with van der Waals surface area (Å²) in [6.45, 7) is 0.191. The number of carbonyl (C=O) groups is 1. The molecule has 1 saturated carbocycles. The van der Waals surface area contributed by atoms with Crippen LogP contribution in [0.5, 0.6) is 0 Å². The fraction of sp³-hybridized carbons (Fsp3) is 0.471. The summed E-state index contributed by atoms with van der Waals surface area (Å²) in [6, 6.07) is 6.92. The third kappa shape index (κ3) is 5.67. The van der Waals surface area contributed by atoms with Crippen LogP contribution < -0.4 is 10.6 Å². The molecule has 1 aromatic heterocycles. The van der Waals surface area contributed by atoms with E-state index < -0.39 is 0 Å². The SMILES string of the molecule is O=C(CSc1nnc(NC2CCCCC2)s1)NCc1ccccc1F. The van der Waals surface area contributed by atoms with Crippen molar-refractivity contribution in [1.29, 1.82) is 0 Å². The number of nitrogens with one attached hydrogen (secondary N) is 2. The van der Waals surface area contributed by atoms with Crippen LogP contribution in [0.3, 0.4) is 0 Å². The number of nitrogens with zero attached hydrogens (tertiary/aromatic N) is 2. The summed E-state index contributed by atoms with van der Waals surface area (Å²) in [5, 5.41) is 15.2. The predicted octanol–water partition coefficient (Wildman–Crippen LogP) is 3.83. The lowest BCUT2D eigenvalue weighted by atomic mass is 9.96. The maximum atomic E-state index is 13.5. The van der Waals surface area contributed by atoms with E-state index in [0.717, 1.165) is 9.47 Å². The van der Waals surface area contributed by atoms with Crippen LogP contribution in [0.4, 0.5) is 9.52 Å². The number of hydrogen-bond donors (Lipinski definition) is 2. The topological polar surface area (TPSA) is 66.9 Å². The van der Waals surface area contributed by atoms with E-state index in [4.69, 9.17) is 0 Å². The highest BCUT2D eigenvalue weighted by molar-refractivity contribution is 8.01. The molecule has 1 amide bonds. The number of hydrogen-bond acceptors (Lipinski definition) is 6. The van der Waals surface area contributed by atoms with Crippen LogP contribution in [0.25, 0.3) is 0 Å². The second kappa shape index (κ2) is 9.15. The first-order chi connectivity index (χ1) is 12.2. The standard InChI is InChI=1S/C17H21FN4OS2/c18-14-9-5-4-6-12(14)10-19-15(23)11-24-17-22-21-16(25-17)20-13-7-2-1-3-8-13/h4-6,9,13H,1-3,7-8,10-11H2,(H,19,23)(H,20,21). The first-order valence-corrected chi connectivity index (χ1v) is 10.2. The van der Waals surface area contributed by atoms with Crippen LogP contribution in [-0.2, 0) is 11.3 Å². The van der Waals surface area contributed by atoms with Crippen LogP contribution in [0.2, 0.25) is 0 Å². The average molecular weight is 381 g/mol. The van der Waals surface area contributed by atoms with Crippen molar-refractivity contribution in [3.63, 3.8) is 0 Å². The molecule has 0 spiro atoms. The van der Waals surface area contributed by atoms with Gasteiger partial charge in [-0.05, 0) is 18.9 Å². The Kier molecular flexibility index (Phi) is 6.63. The number of carbonyl (C=O) groups excluding carboxylic acids is 1. The van der Waals surface area contributed by atoms with E-state index in [1.807, 2.05) is 0 Å². The highest BCUT2D eigenvalue weighted by Crippen LogP contribution is 2.28. The van der Waals surface area contributed by atoms with Gasteiger partial charge in [-0.3, -0.25) is 4.79 Å². The molecular weight excluding hydrogens is 359 g/mol. The normalized spacial score (nSPS) is 15.1. The monoisotopic (exact) mass is 380 g/mol. The van der Waals surface area contributed by atoms with Gasteiger partial charge in [-0.15, -0.1) is 10.2 Å². The second-order valence-electron chi connectivity index (χ2n) is 6.01. The van der Waals surface area contributed by atoms with Gasteiger partial charge in [0.2, 0.25) is 11.0 Å². The third-order valence-corrected chi connectivity index (χ3v) is 6.09. The number of rotatable bonds is 7. The van der Waals surface area contributed by atoms with Crippen molar-refractivity contribution in [2.24, 2.45) is 0 Å². The Balaban J connectivity index is 1.40. The Morgan fingerprint density at radius 2 is 2.04 bits per heavy atom. The fourth-order valence-electron chi connectivity index (χ4n) is 2.76. The van der Waals surface area contributed by atoms with Gasteiger partial charge in [0.1, 0.15) is 5.82 Å². The number of anilines is 1. The third-order valence-electron chi connectivity index (χ3n) is 4.10. The van der Waals surface area contributed by atoms with Crippen LogP contribution in [0.15, 0.2) is 28.6 Å². The molecule has 2 N–H and O–H groups in total. The second-order valence-corrected chi connectivity index (χ2v) is 8.21. The molecule has 1 fully saturated rings. The zero-order valence-electron chi connectivity index (χ0n) is 13.8. The summed E-state index contributed by atoms with van der Waals surface area (Å²) in [6.07, 6.45) is 6.21. The summed E-state index contributed by atoms with van der Waals surface area (Å²) in [5.41, 5.74) is 0.482. The molecule has 5 nitrogen and oxygen atoms in total. The van der Waals surface area contributed by atoms with Crippen LogP contribution in [0.1, 0.15) is 37.7 Å². The van der Waals surface area contributed by atoms with Gasteiger partial charge >= 0.3 is 0 Å². The van der Waals surface area contributed by atoms with Crippen molar-refractivity contribution in [3.8, 4) is 0 Å². The Morgan fingerprint density at radius 3 is 2.84 bits per heavy atom. The van der Waals surface area contributed by atoms with E-state index in [0.29, 0.717) is 11.6 Å². The molecule has 1 aliphatic rings. The molecule has 25 heavy (non-hydrogen) atoms. The molecule has 8 heteroatoms. The van der Waals surface area contributed by atoms with Gasteiger partial charge < -0.3 is 10.6 Å². The average Bonchev–Trinajstić information content (AvgIpc) is 3.07. The van der Waals surface area contributed by atoms with E-state index in [1.54, 1.807) is 18.2 Å². The minimum absolute atomic E-state index is 0.148. The van der Waals surface area contributed by atoms with Crippen molar-refractivity contribution in [2.45, 2.75) is 49.0 Å². The molecule has 134 valence electrons. The Labute approximate surface area is 154 Å². The van der Waals surface area contributed by atoms with Crippen molar-refractivity contribution in [3.05, 3.63) is 35.6 Å². The molecule has 0 unspecified atom stereocenters. The summed E-state index contributed by atoms with van der Waals surface area (Å²) in [4.78, 5) is 11.9. The van der Waals surface area contributed by atoms with E-state index in [1.165, 1.54) is 61.3 Å². The summed E-state index contributed by atoms with van der Waals surface area (Å²) < 4.78 is 14.3. The van der Waals surface area contributed by atoms with Crippen molar-refractivity contribution < 1.29 is 9.18 Å². The van der Waals surface area contributed by atoms with E-state index >= 15 is 0 Å². The molecule has 3 rings (SSSR count). The quantitative estimate of drug-likeness (QED) is 0.715. The fourth-order valence-corrected chi connectivity index (χ4v) is 4.42. The zero-order valence-corrected chi connectivity index (χ0v) is 15.5. The molecule has 1 aliphatic carbocycles. The zero-order chi connectivity index (χ0) is 17.5. The molecule has 0 radical (unpaired) electrons. The number of amides is 1. The predicted molar refractivity (Wildman–Crippen MR) is 99.4 cm³/mol. The first kappa shape index (κ1) is 18.1. The number of aromatic nitrogens is 2. The molecule has 0 saturated heterocycles. The van der Waals surface area contributed by atoms with E-state index in [2.05, 4.69) is 20.8 Å². The van der Waals surface area contributed by atoms with E-state index in [9.17, 15) is 9.18 Å². The van der Waals surface area contributed by atoms with Crippen molar-refractivity contribution in [2.75, 3.05) is 11.1 Å². The van der Waals surface area contributed by atoms with Gasteiger partial charge in [-0.25, -0.2) is 4.39 Å². The van der Waals surface area contributed by atoms with Crippen molar-refractivity contribution >= 4 is 34.1 Å².